The average molecular weight is 251 g/mol. The summed E-state index contributed by atoms with van der Waals surface area (Å²) in [7, 11) is 0. The zero-order valence-electron chi connectivity index (χ0n) is 8.35. The maximum Gasteiger partial charge on any atom is 0.138 e. The van der Waals surface area contributed by atoms with E-state index < -0.39 is 0 Å². The van der Waals surface area contributed by atoms with Crippen molar-refractivity contribution in [2.45, 2.75) is 0 Å². The number of phenols is 1. The SMILES string of the molecule is Cl.Cl.Oc1ccccc1N1CCNCC1. The second kappa shape index (κ2) is 6.77. The van der Waals surface area contributed by atoms with Crippen molar-refractivity contribution in [1.29, 1.82) is 0 Å². The summed E-state index contributed by atoms with van der Waals surface area (Å²) in [4.78, 5) is 2.20. The highest BCUT2D eigenvalue weighted by Gasteiger charge is 2.12. The van der Waals surface area contributed by atoms with Crippen LogP contribution in [-0.4, -0.2) is 31.3 Å². The molecule has 1 aromatic carbocycles. The number of benzene rings is 1. The molecule has 1 aliphatic heterocycles. The number of phenolic OH excluding ortho intramolecular Hbond substituents is 1. The third kappa shape index (κ3) is 3.45. The molecule has 0 spiro atoms. The van der Waals surface area contributed by atoms with Gasteiger partial charge in [-0.3, -0.25) is 0 Å². The standard InChI is InChI=1S/C10H14N2O.2ClH/c13-10-4-2-1-3-9(10)12-7-5-11-6-8-12;;/h1-4,11,13H,5-8H2;2*1H. The Labute approximate surface area is 102 Å². The minimum Gasteiger partial charge on any atom is -0.506 e. The zero-order chi connectivity index (χ0) is 9.10. The van der Waals surface area contributed by atoms with Crippen molar-refractivity contribution in [3.8, 4) is 5.75 Å². The molecule has 0 amide bonds. The van der Waals surface area contributed by atoms with Crippen molar-refractivity contribution in [1.82, 2.24) is 5.32 Å². The quantitative estimate of drug-likeness (QED) is 0.796. The van der Waals surface area contributed by atoms with Crippen LogP contribution in [0.4, 0.5) is 5.69 Å². The molecule has 15 heavy (non-hydrogen) atoms. The molecule has 3 nitrogen and oxygen atoms in total. The molecular weight excluding hydrogens is 235 g/mol. The molecule has 0 bridgehead atoms. The van der Waals surface area contributed by atoms with Crippen molar-refractivity contribution in [3.05, 3.63) is 24.3 Å². The van der Waals surface area contributed by atoms with Gasteiger partial charge >= 0.3 is 0 Å². The molecule has 5 heteroatoms. The number of piperazine rings is 1. The normalized spacial score (nSPS) is 15.1. The van der Waals surface area contributed by atoms with Gasteiger partial charge in [-0.1, -0.05) is 12.1 Å². The van der Waals surface area contributed by atoms with Crippen LogP contribution >= 0.6 is 24.8 Å². The smallest absolute Gasteiger partial charge is 0.138 e. The van der Waals surface area contributed by atoms with E-state index in [-0.39, 0.29) is 24.8 Å². The summed E-state index contributed by atoms with van der Waals surface area (Å²) in [6.45, 7) is 3.93. The molecule has 2 rings (SSSR count). The number of anilines is 1. The molecule has 0 radical (unpaired) electrons. The first-order chi connectivity index (χ1) is 6.38. The van der Waals surface area contributed by atoms with E-state index in [1.54, 1.807) is 6.07 Å². The number of nitrogens with one attached hydrogen (secondary N) is 1. The predicted molar refractivity (Wildman–Crippen MR) is 67.7 cm³/mol. The van der Waals surface area contributed by atoms with Crippen LogP contribution in [0.3, 0.4) is 0 Å². The lowest BCUT2D eigenvalue weighted by molar-refractivity contribution is 0.470. The largest absolute Gasteiger partial charge is 0.506 e. The number of aromatic hydroxyl groups is 1. The fourth-order valence-electron chi connectivity index (χ4n) is 1.64. The molecule has 0 saturated carbocycles. The van der Waals surface area contributed by atoms with Crippen LogP contribution in [0.25, 0.3) is 0 Å². The topological polar surface area (TPSA) is 35.5 Å². The van der Waals surface area contributed by atoms with Gasteiger partial charge in [0.15, 0.2) is 0 Å². The number of rotatable bonds is 1. The lowest BCUT2D eigenvalue weighted by Gasteiger charge is -2.29. The molecule has 0 aliphatic carbocycles. The van der Waals surface area contributed by atoms with Crippen LogP contribution < -0.4 is 10.2 Å². The number of halogens is 2. The third-order valence-electron chi connectivity index (χ3n) is 2.34. The average Bonchev–Trinajstić information content (AvgIpc) is 2.20. The summed E-state index contributed by atoms with van der Waals surface area (Å²) in [6, 6.07) is 7.50. The Kier molecular flexibility index (Phi) is 6.48. The molecule has 0 atom stereocenters. The first-order valence-corrected chi connectivity index (χ1v) is 4.61. The Balaban J connectivity index is 0.000000980. The van der Waals surface area contributed by atoms with E-state index in [4.69, 9.17) is 0 Å². The van der Waals surface area contributed by atoms with Crippen LogP contribution in [0, 0.1) is 0 Å². The molecule has 1 saturated heterocycles. The van der Waals surface area contributed by atoms with E-state index in [2.05, 4.69) is 10.2 Å². The second-order valence-electron chi connectivity index (χ2n) is 3.23. The Morgan fingerprint density at radius 2 is 1.67 bits per heavy atom. The molecule has 1 fully saturated rings. The fraction of sp³-hybridized carbons (Fsp3) is 0.400. The molecule has 1 aliphatic rings. The monoisotopic (exact) mass is 250 g/mol. The van der Waals surface area contributed by atoms with Gasteiger partial charge in [-0.2, -0.15) is 0 Å². The zero-order valence-corrected chi connectivity index (χ0v) is 9.98. The van der Waals surface area contributed by atoms with Crippen molar-refractivity contribution < 1.29 is 5.11 Å². The molecule has 2 N–H and O–H groups in total. The summed E-state index contributed by atoms with van der Waals surface area (Å²) < 4.78 is 0. The lowest BCUT2D eigenvalue weighted by atomic mass is 10.2. The van der Waals surface area contributed by atoms with Gasteiger partial charge in [0.2, 0.25) is 0 Å². The fourth-order valence-corrected chi connectivity index (χ4v) is 1.64. The van der Waals surface area contributed by atoms with Crippen LogP contribution in [0.15, 0.2) is 24.3 Å². The Morgan fingerprint density at radius 3 is 2.27 bits per heavy atom. The summed E-state index contributed by atoms with van der Waals surface area (Å²) in [5.41, 5.74) is 0.948. The Hall–Kier alpha value is -0.640. The van der Waals surface area contributed by atoms with E-state index in [9.17, 15) is 5.11 Å². The van der Waals surface area contributed by atoms with Gasteiger partial charge < -0.3 is 15.3 Å². The summed E-state index contributed by atoms with van der Waals surface area (Å²) >= 11 is 0. The van der Waals surface area contributed by atoms with E-state index in [0.717, 1.165) is 31.9 Å². The van der Waals surface area contributed by atoms with E-state index in [1.165, 1.54) is 0 Å². The van der Waals surface area contributed by atoms with Crippen LogP contribution in [0.1, 0.15) is 0 Å². The summed E-state index contributed by atoms with van der Waals surface area (Å²) in [5.74, 6) is 0.379. The van der Waals surface area contributed by atoms with Gasteiger partial charge in [0, 0.05) is 26.2 Å². The van der Waals surface area contributed by atoms with E-state index >= 15 is 0 Å². The second-order valence-corrected chi connectivity index (χ2v) is 3.23. The van der Waals surface area contributed by atoms with Gasteiger partial charge in [0.1, 0.15) is 5.75 Å². The predicted octanol–water partition coefficient (Wildman–Crippen LogP) is 1.65. The van der Waals surface area contributed by atoms with Gasteiger partial charge in [-0.05, 0) is 12.1 Å². The highest BCUT2D eigenvalue weighted by atomic mass is 35.5. The van der Waals surface area contributed by atoms with Crippen molar-refractivity contribution in [3.63, 3.8) is 0 Å². The molecule has 1 aromatic rings. The Morgan fingerprint density at radius 1 is 1.07 bits per heavy atom. The Bertz CT molecular complexity index is 291. The molecular formula is C10H16Cl2N2O. The highest BCUT2D eigenvalue weighted by Crippen LogP contribution is 2.26. The van der Waals surface area contributed by atoms with Crippen molar-refractivity contribution >= 4 is 30.5 Å². The van der Waals surface area contributed by atoms with Crippen LogP contribution in [-0.2, 0) is 0 Å². The summed E-state index contributed by atoms with van der Waals surface area (Å²) in [5, 5.41) is 12.9. The maximum absolute atomic E-state index is 9.60. The number of para-hydroxylation sites is 2. The minimum absolute atomic E-state index is 0. The highest BCUT2D eigenvalue weighted by molar-refractivity contribution is 5.85. The van der Waals surface area contributed by atoms with Gasteiger partial charge in [-0.25, -0.2) is 0 Å². The first-order valence-electron chi connectivity index (χ1n) is 4.61. The van der Waals surface area contributed by atoms with Crippen molar-refractivity contribution in [2.75, 3.05) is 31.1 Å². The molecule has 1 heterocycles. The van der Waals surface area contributed by atoms with E-state index in [0.29, 0.717) is 5.75 Å². The summed E-state index contributed by atoms with van der Waals surface area (Å²) in [6.07, 6.45) is 0. The first kappa shape index (κ1) is 14.4. The van der Waals surface area contributed by atoms with Crippen LogP contribution in [0.2, 0.25) is 0 Å². The van der Waals surface area contributed by atoms with Crippen molar-refractivity contribution in [2.24, 2.45) is 0 Å². The van der Waals surface area contributed by atoms with E-state index in [1.807, 2.05) is 18.2 Å². The van der Waals surface area contributed by atoms with Gasteiger partial charge in [0.05, 0.1) is 5.69 Å². The molecule has 86 valence electrons. The molecule has 0 aromatic heterocycles. The lowest BCUT2D eigenvalue weighted by Crippen LogP contribution is -2.43. The third-order valence-corrected chi connectivity index (χ3v) is 2.34. The molecule has 0 unspecified atom stereocenters. The van der Waals surface area contributed by atoms with Crippen LogP contribution in [0.5, 0.6) is 5.75 Å². The van der Waals surface area contributed by atoms with Gasteiger partial charge in [-0.15, -0.1) is 24.8 Å². The minimum atomic E-state index is 0. The number of nitrogens with zero attached hydrogens (tertiary/aromatic N) is 1. The number of hydrogen-bond donors (Lipinski definition) is 2. The van der Waals surface area contributed by atoms with Gasteiger partial charge in [0.25, 0.3) is 0 Å². The number of hydrogen-bond acceptors (Lipinski definition) is 3. The maximum atomic E-state index is 9.60.